The highest BCUT2D eigenvalue weighted by atomic mass is 35.5. The van der Waals surface area contributed by atoms with Crippen LogP contribution in [0.1, 0.15) is 48.9 Å². The number of β-amino-alcohol motifs (C(OH)–C–C–N with tert-alkyl or cyclic N) is 1. The summed E-state index contributed by atoms with van der Waals surface area (Å²) in [4.78, 5) is 18.0. The normalized spacial score (nSPS) is 22.5. The Hall–Kier alpha value is -4.49. The van der Waals surface area contributed by atoms with Gasteiger partial charge in [0.2, 0.25) is 0 Å². The van der Waals surface area contributed by atoms with Crippen LogP contribution in [0.15, 0.2) is 79.2 Å². The Morgan fingerprint density at radius 1 is 1.16 bits per heavy atom. The standard InChI is InChI=1S/C40H44ClF3N4O7/c1-37(25-49,36(51)52)47-22-30-17-33(41)35(18-34(30)53-24-28-16-27(19-45)20-46-21-28)54-26-39(55-15-7-13-48-14-11-31(50)23-48)12-6-10-32(29-8-4-3-5-9-29)38(39,2)40(42,43)44/h3-6,8-10,12,16-18,20-21,31,47,49-50H,7,11,13-15,22-26H2,1-2H3,(H,51,52)/t31-,37?,38?,39?/m1/s1. The number of aliphatic carboxylic acids is 1. The Balaban J connectivity index is 1.50. The summed E-state index contributed by atoms with van der Waals surface area (Å²) >= 11 is 6.73. The number of allylic oxidation sites excluding steroid dienone is 2. The number of benzene rings is 2. The fraction of sp³-hybridized carbons (Fsp3) is 0.425. The third-order valence-electron chi connectivity index (χ3n) is 10.2. The number of nitriles is 1. The number of nitrogens with one attached hydrogen (secondary N) is 1. The molecule has 3 aromatic rings. The molecule has 11 nitrogen and oxygen atoms in total. The molecule has 4 atom stereocenters. The zero-order valence-corrected chi connectivity index (χ0v) is 31.2. The lowest BCUT2D eigenvalue weighted by Crippen LogP contribution is -2.60. The van der Waals surface area contributed by atoms with Gasteiger partial charge in [-0.15, -0.1) is 0 Å². The van der Waals surface area contributed by atoms with Crippen molar-refractivity contribution in [2.24, 2.45) is 5.41 Å². The van der Waals surface area contributed by atoms with Crippen molar-refractivity contribution in [2.45, 2.75) is 63.3 Å². The number of carboxylic acids is 1. The molecule has 4 N–H and O–H groups in total. The smallest absolute Gasteiger partial charge is 0.401 e. The maximum Gasteiger partial charge on any atom is 0.401 e. The van der Waals surface area contributed by atoms with Gasteiger partial charge in [-0.25, -0.2) is 0 Å². The molecule has 1 aliphatic heterocycles. The van der Waals surface area contributed by atoms with E-state index in [9.17, 15) is 25.4 Å². The van der Waals surface area contributed by atoms with E-state index in [2.05, 4.69) is 10.3 Å². The van der Waals surface area contributed by atoms with Gasteiger partial charge in [-0.1, -0.05) is 54.1 Å². The summed E-state index contributed by atoms with van der Waals surface area (Å²) in [6.45, 7) is 2.45. The van der Waals surface area contributed by atoms with Gasteiger partial charge in [0, 0.05) is 62.4 Å². The third kappa shape index (κ3) is 9.32. The Morgan fingerprint density at radius 3 is 2.58 bits per heavy atom. The van der Waals surface area contributed by atoms with Crippen LogP contribution in [0.3, 0.4) is 0 Å². The molecular weight excluding hydrogens is 741 g/mol. The number of hydrogen-bond acceptors (Lipinski definition) is 10. The molecule has 2 heterocycles. The molecule has 0 bridgehead atoms. The SMILES string of the molecule is CC(CO)(NCc1cc(Cl)c(OCC2(OCCCN3CC[C@@H](O)C3)C=CC=C(c3ccccc3)C2(C)C(F)(F)F)cc1OCc1cncc(C#N)c1)C(=O)O. The molecule has 2 aliphatic rings. The molecule has 1 fully saturated rings. The lowest BCUT2D eigenvalue weighted by atomic mass is 9.63. The van der Waals surface area contributed by atoms with E-state index in [0.717, 1.165) is 6.92 Å². The van der Waals surface area contributed by atoms with Crippen molar-refractivity contribution in [2.75, 3.05) is 39.5 Å². The molecule has 2 aromatic carbocycles. The first-order valence-corrected chi connectivity index (χ1v) is 18.1. The van der Waals surface area contributed by atoms with Gasteiger partial charge in [0.05, 0.1) is 23.3 Å². The molecule has 55 heavy (non-hydrogen) atoms. The maximum atomic E-state index is 15.7. The first-order valence-electron chi connectivity index (χ1n) is 17.7. The van der Waals surface area contributed by atoms with Crippen LogP contribution in [0.25, 0.3) is 5.57 Å². The van der Waals surface area contributed by atoms with Gasteiger partial charge in [0.25, 0.3) is 0 Å². The van der Waals surface area contributed by atoms with Crippen molar-refractivity contribution in [1.29, 1.82) is 5.26 Å². The predicted molar refractivity (Wildman–Crippen MR) is 198 cm³/mol. The van der Waals surface area contributed by atoms with Gasteiger partial charge in [0.15, 0.2) is 0 Å². The van der Waals surface area contributed by atoms with Crippen LogP contribution in [-0.2, 0) is 22.7 Å². The van der Waals surface area contributed by atoms with E-state index in [0.29, 0.717) is 54.7 Å². The number of alkyl halides is 3. The lowest BCUT2D eigenvalue weighted by molar-refractivity contribution is -0.258. The second kappa shape index (κ2) is 17.5. The Labute approximate surface area is 322 Å². The van der Waals surface area contributed by atoms with Crippen LogP contribution in [0.2, 0.25) is 5.02 Å². The molecule has 0 saturated carbocycles. The van der Waals surface area contributed by atoms with Crippen molar-refractivity contribution in [3.63, 3.8) is 0 Å². The van der Waals surface area contributed by atoms with Gasteiger partial charge in [-0.2, -0.15) is 18.4 Å². The Bertz CT molecular complexity index is 1920. The second-order valence-electron chi connectivity index (χ2n) is 14.1. The number of hydrogen-bond donors (Lipinski definition) is 4. The molecule has 3 unspecified atom stereocenters. The van der Waals surface area contributed by atoms with E-state index in [1.807, 2.05) is 11.0 Å². The number of aliphatic hydroxyl groups is 2. The van der Waals surface area contributed by atoms with E-state index in [1.54, 1.807) is 36.4 Å². The number of ether oxygens (including phenoxy) is 3. The van der Waals surface area contributed by atoms with E-state index < -0.39 is 48.0 Å². The number of aromatic nitrogens is 1. The number of aliphatic hydroxyl groups excluding tert-OH is 2. The van der Waals surface area contributed by atoms with Crippen molar-refractivity contribution >= 4 is 23.1 Å². The summed E-state index contributed by atoms with van der Waals surface area (Å²) < 4.78 is 65.7. The monoisotopic (exact) mass is 784 g/mol. The molecule has 5 rings (SSSR count). The second-order valence-corrected chi connectivity index (χ2v) is 14.5. The van der Waals surface area contributed by atoms with E-state index in [1.165, 1.54) is 49.7 Å². The van der Waals surface area contributed by atoms with Gasteiger partial charge in [-0.3, -0.25) is 15.1 Å². The third-order valence-corrected chi connectivity index (χ3v) is 10.5. The summed E-state index contributed by atoms with van der Waals surface area (Å²) in [6.07, 6.45) is 2.97. The first kappa shape index (κ1) is 41.7. The van der Waals surface area contributed by atoms with Crippen LogP contribution in [0.4, 0.5) is 13.2 Å². The minimum absolute atomic E-state index is 0.00612. The fourth-order valence-corrected chi connectivity index (χ4v) is 6.90. The Kier molecular flexibility index (Phi) is 13.3. The zero-order chi connectivity index (χ0) is 39.9. The minimum atomic E-state index is -4.83. The summed E-state index contributed by atoms with van der Waals surface area (Å²) in [7, 11) is 0. The number of halogens is 4. The number of rotatable bonds is 17. The molecular formula is C40H44ClF3N4O7. The van der Waals surface area contributed by atoms with Gasteiger partial charge < -0.3 is 34.4 Å². The summed E-state index contributed by atoms with van der Waals surface area (Å²) in [5.74, 6) is -1.19. The molecule has 0 spiro atoms. The average Bonchev–Trinajstić information content (AvgIpc) is 3.59. The van der Waals surface area contributed by atoms with Crippen LogP contribution < -0.4 is 14.8 Å². The Morgan fingerprint density at radius 2 is 1.93 bits per heavy atom. The van der Waals surface area contributed by atoms with Gasteiger partial charge in [0.1, 0.15) is 47.3 Å². The predicted octanol–water partition coefficient (Wildman–Crippen LogP) is 5.92. The number of carboxylic acid groups (broad SMARTS) is 1. The van der Waals surface area contributed by atoms with Crippen molar-refractivity contribution in [3.05, 3.63) is 106 Å². The average molecular weight is 785 g/mol. The zero-order valence-electron chi connectivity index (χ0n) is 30.5. The van der Waals surface area contributed by atoms with Crippen LogP contribution in [0.5, 0.6) is 11.5 Å². The molecule has 0 amide bonds. The number of carbonyl (C=O) groups is 1. The molecule has 15 heteroatoms. The van der Waals surface area contributed by atoms with Gasteiger partial charge >= 0.3 is 12.1 Å². The van der Waals surface area contributed by atoms with E-state index in [4.69, 9.17) is 25.8 Å². The molecule has 1 aliphatic carbocycles. The number of nitrogens with zero attached hydrogens (tertiary/aromatic N) is 3. The van der Waals surface area contributed by atoms with E-state index in [-0.39, 0.29) is 41.9 Å². The van der Waals surface area contributed by atoms with Crippen LogP contribution >= 0.6 is 11.6 Å². The fourth-order valence-electron chi connectivity index (χ4n) is 6.66. The highest BCUT2D eigenvalue weighted by Gasteiger charge is 2.67. The highest BCUT2D eigenvalue weighted by molar-refractivity contribution is 6.32. The minimum Gasteiger partial charge on any atom is -0.488 e. The summed E-state index contributed by atoms with van der Waals surface area (Å²) in [5, 5.41) is 41.5. The lowest BCUT2D eigenvalue weighted by Gasteiger charge is -2.50. The van der Waals surface area contributed by atoms with Gasteiger partial charge in [-0.05, 0) is 56.0 Å². The number of likely N-dealkylation sites (tertiary alicyclic amines) is 1. The quantitative estimate of drug-likeness (QED) is 0.121. The summed E-state index contributed by atoms with van der Waals surface area (Å²) in [5.41, 5.74) is -4.89. The topological polar surface area (TPSA) is 157 Å². The maximum absolute atomic E-state index is 15.7. The van der Waals surface area contributed by atoms with Crippen molar-refractivity contribution < 1.29 is 47.5 Å². The largest absolute Gasteiger partial charge is 0.488 e. The molecule has 294 valence electrons. The molecule has 1 saturated heterocycles. The van der Waals surface area contributed by atoms with Crippen molar-refractivity contribution in [1.82, 2.24) is 15.2 Å². The number of pyridine rings is 1. The molecule has 1 aromatic heterocycles. The van der Waals surface area contributed by atoms with Crippen molar-refractivity contribution in [3.8, 4) is 17.6 Å². The summed E-state index contributed by atoms with van der Waals surface area (Å²) in [6, 6.07) is 14.7. The highest BCUT2D eigenvalue weighted by Crippen LogP contribution is 2.58. The van der Waals surface area contributed by atoms with Crippen LogP contribution in [-0.4, -0.2) is 94.0 Å². The van der Waals surface area contributed by atoms with Crippen LogP contribution in [0, 0.1) is 16.7 Å². The molecule has 0 radical (unpaired) electrons. The van der Waals surface area contributed by atoms with E-state index >= 15 is 13.2 Å². The first-order chi connectivity index (χ1) is 26.1.